The zero-order valence-corrected chi connectivity index (χ0v) is 21.2. The van der Waals surface area contributed by atoms with Gasteiger partial charge in [0.2, 0.25) is 0 Å². The van der Waals surface area contributed by atoms with Gasteiger partial charge in [0, 0.05) is 40.8 Å². The number of carbonyl (C=O) groups is 1. The highest BCUT2D eigenvalue weighted by atomic mass is 35.5. The summed E-state index contributed by atoms with van der Waals surface area (Å²) >= 11 is 8.13. The molecule has 1 saturated carbocycles. The van der Waals surface area contributed by atoms with E-state index in [0.29, 0.717) is 11.6 Å². The minimum atomic E-state index is -0.169. The van der Waals surface area contributed by atoms with Gasteiger partial charge in [-0.15, -0.1) is 11.3 Å². The van der Waals surface area contributed by atoms with Crippen LogP contribution in [0.2, 0.25) is 5.02 Å². The molecule has 1 N–H and O–H groups in total. The van der Waals surface area contributed by atoms with Gasteiger partial charge in [-0.3, -0.25) is 0 Å². The number of nitrogens with one attached hydrogen (secondary N) is 1. The Morgan fingerprint density at radius 3 is 2.65 bits per heavy atom. The van der Waals surface area contributed by atoms with E-state index in [1.165, 1.54) is 40.3 Å². The largest absolute Gasteiger partial charge is 0.335 e. The lowest BCUT2D eigenvalue weighted by molar-refractivity contribution is 0.173. The average Bonchev–Trinajstić information content (AvgIpc) is 3.42. The molecule has 3 aliphatic rings. The second-order valence-corrected chi connectivity index (χ2v) is 11.5. The molecule has 1 aromatic carbocycles. The lowest BCUT2D eigenvalue weighted by atomic mass is 9.95. The highest BCUT2D eigenvalue weighted by molar-refractivity contribution is 7.15. The molecule has 1 unspecified atom stereocenters. The van der Waals surface area contributed by atoms with Crippen molar-refractivity contribution < 1.29 is 4.79 Å². The first-order valence-electron chi connectivity index (χ1n) is 12.4. The molecule has 6 rings (SSSR count). The summed E-state index contributed by atoms with van der Waals surface area (Å²) in [5, 5.41) is 5.39. The highest BCUT2D eigenvalue weighted by Crippen LogP contribution is 2.43. The molecule has 0 saturated heterocycles. The van der Waals surface area contributed by atoms with Crippen LogP contribution in [0.3, 0.4) is 0 Å². The summed E-state index contributed by atoms with van der Waals surface area (Å²) in [6.45, 7) is 2.67. The van der Waals surface area contributed by atoms with Crippen LogP contribution in [0.5, 0.6) is 0 Å². The van der Waals surface area contributed by atoms with Crippen LogP contribution in [0.25, 0.3) is 5.00 Å². The molecule has 0 spiro atoms. The van der Waals surface area contributed by atoms with Crippen molar-refractivity contribution in [3.05, 3.63) is 74.9 Å². The molecule has 1 aliphatic carbocycles. The number of halogens is 1. The number of hydrogen-bond donors (Lipinski definition) is 1. The maximum absolute atomic E-state index is 13.9. The van der Waals surface area contributed by atoms with Gasteiger partial charge in [0.25, 0.3) is 0 Å². The van der Waals surface area contributed by atoms with E-state index >= 15 is 0 Å². The summed E-state index contributed by atoms with van der Waals surface area (Å²) in [5.74, 6) is 0. The van der Waals surface area contributed by atoms with Crippen LogP contribution in [-0.4, -0.2) is 40.0 Å². The molecule has 2 aromatic heterocycles. The molecule has 2 aliphatic heterocycles. The van der Waals surface area contributed by atoms with Gasteiger partial charge in [-0.25, -0.2) is 4.79 Å². The molecular formula is C27H31ClN4OS. The Hall–Kier alpha value is -2.28. The van der Waals surface area contributed by atoms with E-state index in [4.69, 9.17) is 11.6 Å². The van der Waals surface area contributed by atoms with Crippen molar-refractivity contribution in [2.75, 3.05) is 13.6 Å². The fourth-order valence-corrected chi connectivity index (χ4v) is 7.42. The third-order valence-corrected chi connectivity index (χ3v) is 9.15. The molecule has 0 radical (unpaired) electrons. The van der Waals surface area contributed by atoms with E-state index in [1.807, 2.05) is 23.5 Å². The molecule has 178 valence electrons. The third-order valence-electron chi connectivity index (χ3n) is 7.63. The molecule has 1 fully saturated rings. The molecule has 7 heteroatoms. The lowest BCUT2D eigenvalue weighted by Gasteiger charge is -2.34. The summed E-state index contributed by atoms with van der Waals surface area (Å²) in [6.07, 6.45) is 9.02. The van der Waals surface area contributed by atoms with E-state index in [-0.39, 0.29) is 18.1 Å². The van der Waals surface area contributed by atoms with E-state index < -0.39 is 0 Å². The van der Waals surface area contributed by atoms with Crippen LogP contribution < -0.4 is 5.32 Å². The van der Waals surface area contributed by atoms with Crippen LogP contribution in [0.4, 0.5) is 4.79 Å². The molecule has 2 amide bonds. The molecule has 5 nitrogen and oxygen atoms in total. The fourth-order valence-electron chi connectivity index (χ4n) is 5.85. The van der Waals surface area contributed by atoms with Crippen molar-refractivity contribution in [1.82, 2.24) is 19.7 Å². The number of nitrogens with zero attached hydrogens (tertiary/aromatic N) is 3. The Bertz CT molecular complexity index is 1190. The van der Waals surface area contributed by atoms with Crippen molar-refractivity contribution >= 4 is 29.0 Å². The Kier molecular flexibility index (Phi) is 5.92. The molecule has 34 heavy (non-hydrogen) atoms. The summed E-state index contributed by atoms with van der Waals surface area (Å²) in [4.78, 5) is 19.8. The number of rotatable bonds is 2. The van der Waals surface area contributed by atoms with E-state index in [0.717, 1.165) is 43.6 Å². The van der Waals surface area contributed by atoms with Gasteiger partial charge in [-0.05, 0) is 61.7 Å². The van der Waals surface area contributed by atoms with E-state index in [1.54, 1.807) is 0 Å². The van der Waals surface area contributed by atoms with Crippen LogP contribution in [0.1, 0.15) is 65.4 Å². The number of benzene rings is 1. The van der Waals surface area contributed by atoms with Crippen molar-refractivity contribution in [3.63, 3.8) is 0 Å². The first-order valence-corrected chi connectivity index (χ1v) is 13.6. The van der Waals surface area contributed by atoms with Crippen molar-refractivity contribution in [1.29, 1.82) is 0 Å². The topological polar surface area (TPSA) is 40.5 Å². The van der Waals surface area contributed by atoms with Gasteiger partial charge >= 0.3 is 6.03 Å². The first-order chi connectivity index (χ1) is 16.6. The molecule has 3 aromatic rings. The quantitative estimate of drug-likeness (QED) is 0.465. The Morgan fingerprint density at radius 2 is 1.85 bits per heavy atom. The summed E-state index contributed by atoms with van der Waals surface area (Å²) < 4.78 is 2.32. The normalized spacial score (nSPS) is 20.9. The number of thiophene rings is 1. The number of likely N-dealkylation sites (N-methyl/N-ethyl adjacent to an activating group) is 1. The van der Waals surface area contributed by atoms with Crippen LogP contribution >= 0.6 is 22.9 Å². The van der Waals surface area contributed by atoms with Gasteiger partial charge in [0.1, 0.15) is 5.00 Å². The second kappa shape index (κ2) is 9.06. The zero-order valence-electron chi connectivity index (χ0n) is 19.6. The van der Waals surface area contributed by atoms with E-state index in [9.17, 15) is 4.79 Å². The summed E-state index contributed by atoms with van der Waals surface area (Å²) in [6, 6.07) is 12.4. The first kappa shape index (κ1) is 22.2. The zero-order chi connectivity index (χ0) is 23.2. The Morgan fingerprint density at radius 1 is 1.06 bits per heavy atom. The van der Waals surface area contributed by atoms with Crippen LogP contribution in [-0.2, 0) is 19.5 Å². The average molecular weight is 495 g/mol. The van der Waals surface area contributed by atoms with Crippen LogP contribution in [0.15, 0.2) is 42.6 Å². The van der Waals surface area contributed by atoms with Gasteiger partial charge < -0.3 is 19.7 Å². The summed E-state index contributed by atoms with van der Waals surface area (Å²) in [5.41, 5.74) is 4.99. The fraction of sp³-hybridized carbons (Fsp3) is 0.444. The number of hydrogen-bond acceptors (Lipinski definition) is 3. The molecule has 4 heterocycles. The van der Waals surface area contributed by atoms with Gasteiger partial charge in [0.05, 0.1) is 18.3 Å². The highest BCUT2D eigenvalue weighted by Gasteiger charge is 2.37. The second-order valence-electron chi connectivity index (χ2n) is 9.94. The standard InChI is InChI=1S/C27H31ClN4OS/c1-30-15-13-21-22-16-32(27(33)29-20-6-3-2-4-7-20)25(18-9-11-19(28)12-10-18)23-8-5-14-31(23)26(22)34-24(21)17-30/h5,8-12,14,20,25H,2-4,6-7,13,15-17H2,1H3,(H,29,33). The number of fused-ring (bicyclic) bond motifs is 5. The number of carbonyl (C=O) groups excluding carboxylic acids is 1. The molecular weight excluding hydrogens is 464 g/mol. The number of urea groups is 1. The van der Waals surface area contributed by atoms with Crippen LogP contribution in [0, 0.1) is 0 Å². The smallest absolute Gasteiger partial charge is 0.318 e. The monoisotopic (exact) mass is 494 g/mol. The van der Waals surface area contributed by atoms with Gasteiger partial charge in [-0.1, -0.05) is 43.0 Å². The van der Waals surface area contributed by atoms with Crippen molar-refractivity contribution in [2.45, 2.75) is 63.7 Å². The predicted octanol–water partition coefficient (Wildman–Crippen LogP) is 6.13. The predicted molar refractivity (Wildman–Crippen MR) is 138 cm³/mol. The van der Waals surface area contributed by atoms with Gasteiger partial charge in [-0.2, -0.15) is 0 Å². The number of amides is 2. The SMILES string of the molecule is CN1CCc2c(sc3c2CN(C(=O)NC2CCCCC2)C(c2ccc(Cl)cc2)c2cccn2-3)C1. The van der Waals surface area contributed by atoms with Gasteiger partial charge in [0.15, 0.2) is 0 Å². The lowest BCUT2D eigenvalue weighted by Crippen LogP contribution is -2.46. The Labute approximate surface area is 210 Å². The van der Waals surface area contributed by atoms with E-state index in [2.05, 4.69) is 57.2 Å². The molecule has 1 atom stereocenters. The third kappa shape index (κ3) is 3.96. The minimum Gasteiger partial charge on any atom is -0.335 e. The minimum absolute atomic E-state index is 0.0420. The maximum Gasteiger partial charge on any atom is 0.318 e. The van der Waals surface area contributed by atoms with Crippen molar-refractivity contribution in [2.24, 2.45) is 0 Å². The van der Waals surface area contributed by atoms with Crippen molar-refractivity contribution in [3.8, 4) is 5.00 Å². The maximum atomic E-state index is 13.9. The summed E-state index contributed by atoms with van der Waals surface area (Å²) in [7, 11) is 2.19. The number of aromatic nitrogens is 1. The molecule has 0 bridgehead atoms. The Balaban J connectivity index is 1.46.